The highest BCUT2D eigenvalue weighted by molar-refractivity contribution is 5.93. The number of unbranched alkanes of at least 4 members (excludes halogenated alkanes) is 8. The van der Waals surface area contributed by atoms with Crippen molar-refractivity contribution in [3.8, 4) is 11.5 Å². The molecule has 0 aromatic heterocycles. The number of hydrogen-bond acceptors (Lipinski definition) is 4. The molecule has 2 N–H and O–H groups in total. The molecule has 5 nitrogen and oxygen atoms in total. The molecule has 1 amide bonds. The standard InChI is InChI=1S/C20H31NO4/c1-3-4-5-6-7-8-9-10-11-12-19(22)25-17-14-13-16(20(21)23)15-18(17)24-2/h13-15H,3-12H2,1-2H3,(H2,21,23). The highest BCUT2D eigenvalue weighted by Crippen LogP contribution is 2.28. The van der Waals surface area contributed by atoms with Crippen LogP contribution >= 0.6 is 0 Å². The monoisotopic (exact) mass is 349 g/mol. The van der Waals surface area contributed by atoms with Gasteiger partial charge in [-0.3, -0.25) is 9.59 Å². The smallest absolute Gasteiger partial charge is 0.311 e. The fourth-order valence-electron chi connectivity index (χ4n) is 2.66. The van der Waals surface area contributed by atoms with Crippen LogP contribution in [0.3, 0.4) is 0 Å². The van der Waals surface area contributed by atoms with Gasteiger partial charge >= 0.3 is 5.97 Å². The van der Waals surface area contributed by atoms with Crippen LogP contribution in [0.15, 0.2) is 18.2 Å². The first-order chi connectivity index (χ1) is 12.1. The summed E-state index contributed by atoms with van der Waals surface area (Å²) in [4.78, 5) is 23.1. The molecule has 0 fully saturated rings. The van der Waals surface area contributed by atoms with Crippen LogP contribution in [0.4, 0.5) is 0 Å². The van der Waals surface area contributed by atoms with Crippen LogP contribution in [-0.2, 0) is 4.79 Å². The average Bonchev–Trinajstić information content (AvgIpc) is 2.60. The first kappa shape index (κ1) is 21.0. The fraction of sp³-hybridized carbons (Fsp3) is 0.600. The highest BCUT2D eigenvalue weighted by Gasteiger charge is 2.12. The Morgan fingerprint density at radius 3 is 2.08 bits per heavy atom. The zero-order valence-corrected chi connectivity index (χ0v) is 15.5. The molecule has 0 spiro atoms. The molecule has 25 heavy (non-hydrogen) atoms. The molecule has 0 unspecified atom stereocenters. The largest absolute Gasteiger partial charge is 0.493 e. The van der Waals surface area contributed by atoms with Gasteiger partial charge < -0.3 is 15.2 Å². The third kappa shape index (κ3) is 8.57. The molecule has 0 saturated carbocycles. The van der Waals surface area contributed by atoms with E-state index in [1.165, 1.54) is 63.8 Å². The molecule has 0 heterocycles. The van der Waals surface area contributed by atoms with E-state index in [9.17, 15) is 9.59 Å². The van der Waals surface area contributed by atoms with Gasteiger partial charge in [-0.05, 0) is 24.6 Å². The number of benzene rings is 1. The number of rotatable bonds is 13. The van der Waals surface area contributed by atoms with Crippen molar-refractivity contribution in [1.82, 2.24) is 0 Å². The van der Waals surface area contributed by atoms with Gasteiger partial charge in [-0.2, -0.15) is 0 Å². The topological polar surface area (TPSA) is 78.6 Å². The number of carbonyl (C=O) groups excluding carboxylic acids is 2. The van der Waals surface area contributed by atoms with Crippen LogP contribution in [0.2, 0.25) is 0 Å². The van der Waals surface area contributed by atoms with Crippen molar-refractivity contribution in [2.24, 2.45) is 5.73 Å². The molecular formula is C20H31NO4. The zero-order valence-electron chi connectivity index (χ0n) is 15.5. The third-order valence-corrected chi connectivity index (χ3v) is 4.16. The van der Waals surface area contributed by atoms with E-state index in [1.807, 2.05) is 0 Å². The lowest BCUT2D eigenvalue weighted by Gasteiger charge is -2.10. The second-order valence-corrected chi connectivity index (χ2v) is 6.28. The molecule has 1 rings (SSSR count). The summed E-state index contributed by atoms with van der Waals surface area (Å²) >= 11 is 0. The van der Waals surface area contributed by atoms with Gasteiger partial charge in [0.1, 0.15) is 0 Å². The maximum absolute atomic E-state index is 11.9. The molecule has 0 aliphatic heterocycles. The van der Waals surface area contributed by atoms with Gasteiger partial charge in [-0.15, -0.1) is 0 Å². The molecular weight excluding hydrogens is 318 g/mol. The summed E-state index contributed by atoms with van der Waals surface area (Å²) < 4.78 is 10.5. The molecule has 0 saturated heterocycles. The van der Waals surface area contributed by atoms with Crippen LogP contribution in [0.25, 0.3) is 0 Å². The van der Waals surface area contributed by atoms with Crippen molar-refractivity contribution in [3.63, 3.8) is 0 Å². The number of ether oxygens (including phenoxy) is 2. The third-order valence-electron chi connectivity index (χ3n) is 4.16. The van der Waals surface area contributed by atoms with E-state index in [1.54, 1.807) is 0 Å². The highest BCUT2D eigenvalue weighted by atomic mass is 16.6. The Morgan fingerprint density at radius 2 is 1.52 bits per heavy atom. The minimum atomic E-state index is -0.550. The molecule has 0 radical (unpaired) electrons. The predicted octanol–water partition coefficient (Wildman–Crippen LogP) is 4.62. The first-order valence-corrected chi connectivity index (χ1v) is 9.27. The van der Waals surface area contributed by atoms with E-state index in [-0.39, 0.29) is 5.97 Å². The van der Waals surface area contributed by atoms with Crippen LogP contribution in [-0.4, -0.2) is 19.0 Å². The van der Waals surface area contributed by atoms with Crippen LogP contribution in [0.5, 0.6) is 11.5 Å². The van der Waals surface area contributed by atoms with Gasteiger partial charge in [0, 0.05) is 12.0 Å². The lowest BCUT2D eigenvalue weighted by molar-refractivity contribution is -0.134. The van der Waals surface area contributed by atoms with Crippen molar-refractivity contribution in [2.45, 2.75) is 71.1 Å². The van der Waals surface area contributed by atoms with Crippen LogP contribution < -0.4 is 15.2 Å². The fourth-order valence-corrected chi connectivity index (χ4v) is 2.66. The summed E-state index contributed by atoms with van der Waals surface area (Å²) in [7, 11) is 1.46. The summed E-state index contributed by atoms with van der Waals surface area (Å²) in [6.07, 6.45) is 11.2. The molecule has 1 aromatic carbocycles. The van der Waals surface area contributed by atoms with Gasteiger partial charge in [-0.1, -0.05) is 58.3 Å². The molecule has 0 aliphatic carbocycles. The van der Waals surface area contributed by atoms with E-state index in [2.05, 4.69) is 6.92 Å². The van der Waals surface area contributed by atoms with E-state index in [4.69, 9.17) is 15.2 Å². The Kier molecular flexibility index (Phi) is 10.4. The maximum atomic E-state index is 11.9. The lowest BCUT2D eigenvalue weighted by atomic mass is 10.1. The van der Waals surface area contributed by atoms with E-state index in [0.29, 0.717) is 23.5 Å². The summed E-state index contributed by atoms with van der Waals surface area (Å²) in [5, 5.41) is 0. The van der Waals surface area contributed by atoms with Crippen molar-refractivity contribution in [1.29, 1.82) is 0 Å². The molecule has 5 heteroatoms. The number of primary amides is 1. The van der Waals surface area contributed by atoms with Crippen molar-refractivity contribution in [3.05, 3.63) is 23.8 Å². The quantitative estimate of drug-likeness (QED) is 0.320. The Labute approximate surface area is 150 Å². The van der Waals surface area contributed by atoms with Gasteiger partial charge in [0.2, 0.25) is 5.91 Å². The minimum absolute atomic E-state index is 0.284. The molecule has 0 bridgehead atoms. The number of methoxy groups -OCH3 is 1. The molecule has 0 atom stereocenters. The predicted molar refractivity (Wildman–Crippen MR) is 99.0 cm³/mol. The van der Waals surface area contributed by atoms with Gasteiger partial charge in [0.15, 0.2) is 11.5 Å². The second kappa shape index (κ2) is 12.3. The Balaban J connectivity index is 2.25. The van der Waals surface area contributed by atoms with Crippen molar-refractivity contribution < 1.29 is 19.1 Å². The average molecular weight is 349 g/mol. The summed E-state index contributed by atoms with van der Waals surface area (Å²) in [6.45, 7) is 2.22. The Morgan fingerprint density at radius 1 is 0.920 bits per heavy atom. The summed E-state index contributed by atoms with van der Waals surface area (Å²) in [5.41, 5.74) is 5.54. The van der Waals surface area contributed by atoms with E-state index < -0.39 is 5.91 Å². The van der Waals surface area contributed by atoms with E-state index in [0.717, 1.165) is 19.3 Å². The second-order valence-electron chi connectivity index (χ2n) is 6.28. The van der Waals surface area contributed by atoms with Crippen LogP contribution in [0, 0.1) is 0 Å². The molecule has 140 valence electrons. The van der Waals surface area contributed by atoms with E-state index >= 15 is 0 Å². The molecule has 0 aliphatic rings. The number of carbonyl (C=O) groups is 2. The number of hydrogen-bond donors (Lipinski definition) is 1. The Hall–Kier alpha value is -2.04. The van der Waals surface area contributed by atoms with Crippen LogP contribution in [0.1, 0.15) is 81.5 Å². The zero-order chi connectivity index (χ0) is 18.5. The minimum Gasteiger partial charge on any atom is -0.493 e. The normalized spacial score (nSPS) is 10.5. The van der Waals surface area contributed by atoms with Gasteiger partial charge in [0.25, 0.3) is 0 Å². The number of amides is 1. The number of nitrogens with two attached hydrogens (primary N) is 1. The molecule has 1 aromatic rings. The maximum Gasteiger partial charge on any atom is 0.311 e. The van der Waals surface area contributed by atoms with Gasteiger partial charge in [0.05, 0.1) is 7.11 Å². The Bertz CT molecular complexity index is 542. The number of esters is 1. The van der Waals surface area contributed by atoms with Gasteiger partial charge in [-0.25, -0.2) is 0 Å². The van der Waals surface area contributed by atoms with Crippen molar-refractivity contribution >= 4 is 11.9 Å². The first-order valence-electron chi connectivity index (χ1n) is 9.27. The summed E-state index contributed by atoms with van der Waals surface area (Å²) in [6, 6.07) is 4.53. The SMILES string of the molecule is CCCCCCCCCCCC(=O)Oc1ccc(C(N)=O)cc1OC. The van der Waals surface area contributed by atoms with Crippen molar-refractivity contribution in [2.75, 3.05) is 7.11 Å². The summed E-state index contributed by atoms with van der Waals surface area (Å²) in [5.74, 6) is -0.191. The lowest BCUT2D eigenvalue weighted by Crippen LogP contribution is -2.12.